The van der Waals surface area contributed by atoms with E-state index >= 15 is 0 Å². The molecule has 4 rings (SSSR count). The van der Waals surface area contributed by atoms with Gasteiger partial charge in [0.25, 0.3) is 8.32 Å². The largest absolute Gasteiger partial charge is 0.405 e. The summed E-state index contributed by atoms with van der Waals surface area (Å²) in [5.74, 6) is 0. The lowest BCUT2D eigenvalue weighted by molar-refractivity contribution is 0.204. The van der Waals surface area contributed by atoms with Crippen molar-refractivity contribution in [1.29, 1.82) is 0 Å². The van der Waals surface area contributed by atoms with Gasteiger partial charge in [-0.3, -0.25) is 0 Å². The molecule has 3 heteroatoms. The molecule has 1 atom stereocenters. The summed E-state index contributed by atoms with van der Waals surface area (Å²) in [4.78, 5) is 2.48. The Morgan fingerprint density at radius 2 is 1.38 bits per heavy atom. The molecule has 2 nitrogen and oxygen atoms in total. The Balaban J connectivity index is 1.62. The Labute approximate surface area is 194 Å². The maximum Gasteiger partial charge on any atom is 0.261 e. The minimum Gasteiger partial charge on any atom is -0.405 e. The Hall–Kier alpha value is -2.62. The van der Waals surface area contributed by atoms with Crippen molar-refractivity contribution in [2.24, 2.45) is 0 Å². The molecule has 1 fully saturated rings. The molecule has 0 amide bonds. The van der Waals surface area contributed by atoms with Gasteiger partial charge in [0.2, 0.25) is 0 Å². The van der Waals surface area contributed by atoms with Gasteiger partial charge < -0.3 is 9.33 Å². The van der Waals surface area contributed by atoms with Crippen LogP contribution in [0.1, 0.15) is 39.2 Å². The predicted molar refractivity (Wildman–Crippen MR) is 139 cm³/mol. The molecule has 0 unspecified atom stereocenters. The second-order valence-electron chi connectivity index (χ2n) is 9.73. The van der Waals surface area contributed by atoms with Crippen molar-refractivity contribution >= 4 is 24.8 Å². The average Bonchev–Trinajstić information content (AvgIpc) is 3.27. The highest BCUT2D eigenvalue weighted by molar-refractivity contribution is 6.99. The smallest absolute Gasteiger partial charge is 0.261 e. The van der Waals surface area contributed by atoms with Crippen LogP contribution in [0, 0.1) is 0 Å². The first-order valence-corrected chi connectivity index (χ1v) is 13.7. The third-order valence-corrected chi connectivity index (χ3v) is 11.6. The van der Waals surface area contributed by atoms with Gasteiger partial charge in [0.15, 0.2) is 0 Å². The normalized spacial score (nSPS) is 17.2. The summed E-state index contributed by atoms with van der Waals surface area (Å²) in [6.07, 6.45) is 6.88. The van der Waals surface area contributed by atoms with Crippen LogP contribution in [0.5, 0.6) is 0 Å². The second kappa shape index (κ2) is 9.89. The van der Waals surface area contributed by atoms with E-state index in [4.69, 9.17) is 4.43 Å². The summed E-state index contributed by atoms with van der Waals surface area (Å²) in [7, 11) is -2.48. The van der Waals surface area contributed by atoms with Gasteiger partial charge in [-0.25, -0.2) is 0 Å². The van der Waals surface area contributed by atoms with Crippen molar-refractivity contribution in [2.75, 3.05) is 13.2 Å². The summed E-state index contributed by atoms with van der Waals surface area (Å²) in [5.41, 5.74) is 1.24. The fourth-order valence-corrected chi connectivity index (χ4v) is 9.56. The van der Waals surface area contributed by atoms with Crippen molar-refractivity contribution in [3.63, 3.8) is 0 Å². The van der Waals surface area contributed by atoms with E-state index in [-0.39, 0.29) is 5.04 Å². The van der Waals surface area contributed by atoms with Gasteiger partial charge in [-0.05, 0) is 46.1 Å². The molecule has 0 N–H and O–H groups in total. The average molecular weight is 442 g/mol. The molecule has 3 aromatic rings. The van der Waals surface area contributed by atoms with E-state index in [1.54, 1.807) is 0 Å². The molecule has 3 aromatic carbocycles. The molecule has 0 radical (unpaired) electrons. The molecule has 0 saturated carbocycles. The van der Waals surface area contributed by atoms with E-state index in [1.165, 1.54) is 28.8 Å². The van der Waals surface area contributed by atoms with Crippen LogP contribution in [0.4, 0.5) is 0 Å². The van der Waals surface area contributed by atoms with Gasteiger partial charge in [-0.1, -0.05) is 112 Å². The number of benzene rings is 3. The van der Waals surface area contributed by atoms with Crippen LogP contribution in [0.3, 0.4) is 0 Å². The third kappa shape index (κ3) is 4.74. The number of hydrogen-bond acceptors (Lipinski definition) is 2. The van der Waals surface area contributed by atoms with Gasteiger partial charge in [0.1, 0.15) is 0 Å². The summed E-state index contributed by atoms with van der Waals surface area (Å²) in [6, 6.07) is 32.9. The van der Waals surface area contributed by atoms with Gasteiger partial charge in [-0.15, -0.1) is 0 Å². The third-order valence-electron chi connectivity index (χ3n) is 6.59. The van der Waals surface area contributed by atoms with E-state index in [2.05, 4.69) is 129 Å². The van der Waals surface area contributed by atoms with Crippen LogP contribution in [-0.2, 0) is 4.43 Å². The monoisotopic (exact) mass is 441 g/mol. The summed E-state index contributed by atoms with van der Waals surface area (Å²) in [5, 5.41) is 2.71. The van der Waals surface area contributed by atoms with E-state index in [1.807, 2.05) is 0 Å². The standard InChI is InChI=1S/C29H35NOSi/c1-29(2,3)32(27-17-9-5-10-18-27,28-19-11-6-12-20-28)31-24-26-16-13-22-30(26)23-21-25-14-7-4-8-15-25/h4-12,14-15,17-21,23,26H,13,16,22,24H2,1-3H3/b23-21+/t26-/m0/s1. The molecular weight excluding hydrogens is 406 g/mol. The van der Waals surface area contributed by atoms with Crippen LogP contribution >= 0.6 is 0 Å². The lowest BCUT2D eigenvalue weighted by atomic mass is 10.2. The van der Waals surface area contributed by atoms with Gasteiger partial charge in [-0.2, -0.15) is 0 Å². The van der Waals surface area contributed by atoms with Gasteiger partial charge >= 0.3 is 0 Å². The molecule has 1 heterocycles. The molecule has 1 aliphatic heterocycles. The zero-order valence-electron chi connectivity index (χ0n) is 19.6. The molecule has 0 aromatic heterocycles. The number of likely N-dealkylation sites (tertiary alicyclic amines) is 1. The maximum atomic E-state index is 7.20. The molecule has 1 aliphatic rings. The summed E-state index contributed by atoms with van der Waals surface area (Å²) in [6.45, 7) is 8.90. The van der Waals surface area contributed by atoms with Crippen molar-refractivity contribution in [1.82, 2.24) is 4.90 Å². The van der Waals surface area contributed by atoms with E-state index < -0.39 is 8.32 Å². The highest BCUT2D eigenvalue weighted by atomic mass is 28.4. The molecule has 32 heavy (non-hydrogen) atoms. The zero-order valence-corrected chi connectivity index (χ0v) is 20.6. The SMILES string of the molecule is CC(C)(C)[Si](OC[C@@H]1CCCN1/C=C/c1ccccc1)(c1ccccc1)c1ccccc1. The minimum atomic E-state index is -2.48. The van der Waals surface area contributed by atoms with Crippen molar-refractivity contribution in [3.8, 4) is 0 Å². The number of nitrogens with zero attached hydrogens (tertiary/aromatic N) is 1. The van der Waals surface area contributed by atoms with Crippen LogP contribution < -0.4 is 10.4 Å². The summed E-state index contributed by atoms with van der Waals surface area (Å²) < 4.78 is 7.20. The highest BCUT2D eigenvalue weighted by Crippen LogP contribution is 2.37. The molecular formula is C29H35NOSi. The maximum absolute atomic E-state index is 7.20. The fourth-order valence-electron chi connectivity index (χ4n) is 4.96. The molecule has 0 bridgehead atoms. The topological polar surface area (TPSA) is 12.5 Å². The summed E-state index contributed by atoms with van der Waals surface area (Å²) >= 11 is 0. The first-order chi connectivity index (χ1) is 15.5. The minimum absolute atomic E-state index is 0.0129. The Bertz CT molecular complexity index is 956. The highest BCUT2D eigenvalue weighted by Gasteiger charge is 2.50. The van der Waals surface area contributed by atoms with Crippen LogP contribution in [0.25, 0.3) is 6.08 Å². The predicted octanol–water partition coefficient (Wildman–Crippen LogP) is 5.70. The quantitative estimate of drug-likeness (QED) is 0.436. The van der Waals surface area contributed by atoms with Crippen LogP contribution in [0.2, 0.25) is 5.04 Å². The van der Waals surface area contributed by atoms with Crippen LogP contribution in [0.15, 0.2) is 97.2 Å². The van der Waals surface area contributed by atoms with Gasteiger partial charge in [0, 0.05) is 6.54 Å². The second-order valence-corrected chi connectivity index (χ2v) is 14.0. The molecule has 166 valence electrons. The number of hydrogen-bond donors (Lipinski definition) is 0. The van der Waals surface area contributed by atoms with E-state index in [0.717, 1.165) is 13.2 Å². The molecule has 1 saturated heterocycles. The van der Waals surface area contributed by atoms with Crippen LogP contribution in [-0.4, -0.2) is 32.4 Å². The van der Waals surface area contributed by atoms with E-state index in [0.29, 0.717) is 6.04 Å². The number of rotatable bonds is 7. The Morgan fingerprint density at radius 3 is 1.91 bits per heavy atom. The fraction of sp³-hybridized carbons (Fsp3) is 0.310. The van der Waals surface area contributed by atoms with Crippen molar-refractivity contribution in [2.45, 2.75) is 44.7 Å². The molecule has 0 spiro atoms. The lowest BCUT2D eigenvalue weighted by Crippen LogP contribution is -2.67. The van der Waals surface area contributed by atoms with E-state index in [9.17, 15) is 0 Å². The first kappa shape index (κ1) is 22.6. The first-order valence-electron chi connectivity index (χ1n) is 11.7. The Morgan fingerprint density at radius 1 is 0.844 bits per heavy atom. The zero-order chi connectivity index (χ0) is 22.4. The van der Waals surface area contributed by atoms with Gasteiger partial charge in [0.05, 0.1) is 12.6 Å². The lowest BCUT2D eigenvalue weighted by Gasteiger charge is -2.44. The molecule has 0 aliphatic carbocycles. The van der Waals surface area contributed by atoms with Crippen molar-refractivity contribution in [3.05, 3.63) is 103 Å². The Kier molecular flexibility index (Phi) is 6.97. The van der Waals surface area contributed by atoms with Crippen molar-refractivity contribution < 1.29 is 4.43 Å².